The van der Waals surface area contributed by atoms with Crippen LogP contribution in [0.3, 0.4) is 0 Å². The summed E-state index contributed by atoms with van der Waals surface area (Å²) in [4.78, 5) is 20.9. The molecule has 6 heteroatoms. The number of rotatable bonds is 8. The predicted molar refractivity (Wildman–Crippen MR) is 92.0 cm³/mol. The van der Waals surface area contributed by atoms with E-state index in [-0.39, 0.29) is 5.91 Å². The van der Waals surface area contributed by atoms with Gasteiger partial charge >= 0.3 is 0 Å². The largest absolute Gasteiger partial charge is 0.379 e. The third-order valence-electron chi connectivity index (χ3n) is 4.08. The molecule has 0 aromatic carbocycles. The van der Waals surface area contributed by atoms with Gasteiger partial charge in [0.1, 0.15) is 5.69 Å². The van der Waals surface area contributed by atoms with Crippen LogP contribution in [0.1, 0.15) is 30.3 Å². The fourth-order valence-corrected chi connectivity index (χ4v) is 2.55. The zero-order valence-electron chi connectivity index (χ0n) is 14.3. The summed E-state index contributed by atoms with van der Waals surface area (Å²) in [5, 5.41) is 2.95. The highest BCUT2D eigenvalue weighted by Crippen LogP contribution is 2.13. The third kappa shape index (κ3) is 5.80. The molecule has 6 nitrogen and oxygen atoms in total. The van der Waals surface area contributed by atoms with Crippen LogP contribution in [-0.4, -0.2) is 68.8 Å². The van der Waals surface area contributed by atoms with Crippen LogP contribution in [0.15, 0.2) is 18.3 Å². The first-order chi connectivity index (χ1) is 11.2. The normalized spacial score (nSPS) is 15.4. The Balaban J connectivity index is 1.81. The minimum Gasteiger partial charge on any atom is -0.379 e. The number of carbonyl (C=O) groups excluding carboxylic acids is 1. The molecule has 2 rings (SSSR count). The first kappa shape index (κ1) is 17.7. The molecule has 0 radical (unpaired) electrons. The first-order valence-corrected chi connectivity index (χ1v) is 8.46. The maximum atomic E-state index is 12.2. The lowest BCUT2D eigenvalue weighted by molar-refractivity contribution is 0.0383. The summed E-state index contributed by atoms with van der Waals surface area (Å²) in [6, 6.07) is 3.81. The minimum atomic E-state index is -0.107. The number of amides is 1. The van der Waals surface area contributed by atoms with Gasteiger partial charge in [0.25, 0.3) is 5.91 Å². The van der Waals surface area contributed by atoms with Gasteiger partial charge in [-0.05, 0) is 18.6 Å². The number of pyridine rings is 1. The highest BCUT2D eigenvalue weighted by Gasteiger charge is 2.12. The summed E-state index contributed by atoms with van der Waals surface area (Å²) in [6.45, 7) is 8.08. The van der Waals surface area contributed by atoms with E-state index in [9.17, 15) is 4.79 Å². The van der Waals surface area contributed by atoms with E-state index in [4.69, 9.17) is 4.74 Å². The van der Waals surface area contributed by atoms with E-state index in [2.05, 4.69) is 27.0 Å². The molecule has 1 fully saturated rings. The number of hydrogen-bond acceptors (Lipinski definition) is 5. The van der Waals surface area contributed by atoms with Gasteiger partial charge in [0.05, 0.1) is 13.2 Å². The highest BCUT2D eigenvalue weighted by atomic mass is 16.5. The van der Waals surface area contributed by atoms with E-state index in [0.29, 0.717) is 12.2 Å². The van der Waals surface area contributed by atoms with Crippen LogP contribution in [0, 0.1) is 0 Å². The minimum absolute atomic E-state index is 0.107. The summed E-state index contributed by atoms with van der Waals surface area (Å²) in [5.41, 5.74) is 1.51. The summed E-state index contributed by atoms with van der Waals surface area (Å²) in [6.07, 6.45) is 4.00. The zero-order valence-corrected chi connectivity index (χ0v) is 14.3. The summed E-state index contributed by atoms with van der Waals surface area (Å²) >= 11 is 0. The zero-order chi connectivity index (χ0) is 16.5. The predicted octanol–water partition coefficient (Wildman–Crippen LogP) is 1.38. The molecule has 0 saturated carbocycles. The number of ether oxygens (including phenoxy) is 1. The van der Waals surface area contributed by atoms with E-state index in [1.54, 1.807) is 6.20 Å². The van der Waals surface area contributed by atoms with Crippen molar-refractivity contribution >= 4 is 11.6 Å². The molecule has 1 amide bonds. The van der Waals surface area contributed by atoms with E-state index < -0.39 is 0 Å². The number of anilines is 1. The molecule has 2 heterocycles. The van der Waals surface area contributed by atoms with E-state index in [0.717, 1.165) is 57.9 Å². The summed E-state index contributed by atoms with van der Waals surface area (Å²) in [5.74, 6) is -0.107. The van der Waals surface area contributed by atoms with Crippen molar-refractivity contribution in [2.75, 3.05) is 57.9 Å². The average Bonchev–Trinajstić information content (AvgIpc) is 2.60. The third-order valence-corrected chi connectivity index (χ3v) is 4.08. The number of nitrogens with one attached hydrogen (secondary N) is 1. The van der Waals surface area contributed by atoms with Gasteiger partial charge in [-0.3, -0.25) is 14.7 Å². The standard InChI is InChI=1S/C17H28N4O2/c1-3-4-8-20(2)15-5-6-18-16(14-15)17(22)19-7-9-21-10-12-23-13-11-21/h5-6,14H,3-4,7-13H2,1-2H3,(H,19,22). The number of carbonyl (C=O) groups is 1. The molecule has 1 saturated heterocycles. The average molecular weight is 320 g/mol. The Morgan fingerprint density at radius 2 is 2.22 bits per heavy atom. The molecule has 1 aromatic rings. The van der Waals surface area contributed by atoms with Crippen molar-refractivity contribution in [3.05, 3.63) is 24.0 Å². The van der Waals surface area contributed by atoms with Crippen LogP contribution in [-0.2, 0) is 4.74 Å². The van der Waals surface area contributed by atoms with Crippen LogP contribution in [0.25, 0.3) is 0 Å². The van der Waals surface area contributed by atoms with Crippen molar-refractivity contribution in [2.24, 2.45) is 0 Å². The molecule has 23 heavy (non-hydrogen) atoms. The van der Waals surface area contributed by atoms with Crippen LogP contribution in [0.2, 0.25) is 0 Å². The van der Waals surface area contributed by atoms with E-state index in [1.165, 1.54) is 0 Å². The molecule has 1 N–H and O–H groups in total. The van der Waals surface area contributed by atoms with Gasteiger partial charge in [0.15, 0.2) is 0 Å². The van der Waals surface area contributed by atoms with Gasteiger partial charge in [-0.25, -0.2) is 0 Å². The van der Waals surface area contributed by atoms with Gasteiger partial charge in [0.2, 0.25) is 0 Å². The lowest BCUT2D eigenvalue weighted by Crippen LogP contribution is -2.41. The fourth-order valence-electron chi connectivity index (χ4n) is 2.55. The Kier molecular flexibility index (Phi) is 7.29. The number of nitrogens with zero attached hydrogens (tertiary/aromatic N) is 3. The maximum absolute atomic E-state index is 12.2. The Morgan fingerprint density at radius 3 is 2.96 bits per heavy atom. The molecule has 1 aliphatic heterocycles. The second-order valence-corrected chi connectivity index (χ2v) is 5.88. The Labute approximate surface area is 138 Å². The van der Waals surface area contributed by atoms with E-state index >= 15 is 0 Å². The molecule has 1 aromatic heterocycles. The molecule has 0 spiro atoms. The molecule has 0 atom stereocenters. The van der Waals surface area contributed by atoms with Crippen LogP contribution in [0.5, 0.6) is 0 Å². The van der Waals surface area contributed by atoms with Gasteiger partial charge in [0, 0.05) is 51.7 Å². The van der Waals surface area contributed by atoms with Gasteiger partial charge in [-0.2, -0.15) is 0 Å². The fraction of sp³-hybridized carbons (Fsp3) is 0.647. The van der Waals surface area contributed by atoms with Gasteiger partial charge < -0.3 is 15.0 Å². The molecular weight excluding hydrogens is 292 g/mol. The van der Waals surface area contributed by atoms with Crippen molar-refractivity contribution in [3.63, 3.8) is 0 Å². The van der Waals surface area contributed by atoms with Crippen molar-refractivity contribution in [3.8, 4) is 0 Å². The Morgan fingerprint density at radius 1 is 1.43 bits per heavy atom. The lowest BCUT2D eigenvalue weighted by Gasteiger charge is -2.26. The molecule has 1 aliphatic rings. The molecule has 128 valence electrons. The van der Waals surface area contributed by atoms with Gasteiger partial charge in [-0.1, -0.05) is 13.3 Å². The SMILES string of the molecule is CCCCN(C)c1ccnc(C(=O)NCCN2CCOCC2)c1. The van der Waals surface area contributed by atoms with Crippen molar-refractivity contribution in [1.29, 1.82) is 0 Å². The molecule has 0 aliphatic carbocycles. The second kappa shape index (κ2) is 9.47. The van der Waals surface area contributed by atoms with Crippen LogP contribution in [0.4, 0.5) is 5.69 Å². The maximum Gasteiger partial charge on any atom is 0.269 e. The van der Waals surface area contributed by atoms with Crippen molar-refractivity contribution < 1.29 is 9.53 Å². The van der Waals surface area contributed by atoms with Crippen LogP contribution >= 0.6 is 0 Å². The van der Waals surface area contributed by atoms with E-state index in [1.807, 2.05) is 19.2 Å². The Hall–Kier alpha value is -1.66. The summed E-state index contributed by atoms with van der Waals surface area (Å²) < 4.78 is 5.32. The lowest BCUT2D eigenvalue weighted by atomic mass is 10.2. The quantitative estimate of drug-likeness (QED) is 0.784. The summed E-state index contributed by atoms with van der Waals surface area (Å²) in [7, 11) is 2.05. The number of unbranched alkanes of at least 4 members (excludes halogenated alkanes) is 1. The second-order valence-electron chi connectivity index (χ2n) is 5.88. The molecular formula is C17H28N4O2. The molecule has 0 bridgehead atoms. The smallest absolute Gasteiger partial charge is 0.269 e. The number of morpholine rings is 1. The molecule has 0 unspecified atom stereocenters. The highest BCUT2D eigenvalue weighted by molar-refractivity contribution is 5.93. The monoisotopic (exact) mass is 320 g/mol. The van der Waals surface area contributed by atoms with Crippen molar-refractivity contribution in [2.45, 2.75) is 19.8 Å². The topological polar surface area (TPSA) is 57.7 Å². The number of aromatic nitrogens is 1. The first-order valence-electron chi connectivity index (χ1n) is 8.46. The number of hydrogen-bond donors (Lipinski definition) is 1. The van der Waals surface area contributed by atoms with Crippen molar-refractivity contribution in [1.82, 2.24) is 15.2 Å². The van der Waals surface area contributed by atoms with Crippen LogP contribution < -0.4 is 10.2 Å². The van der Waals surface area contributed by atoms with Gasteiger partial charge in [-0.15, -0.1) is 0 Å². The Bertz CT molecular complexity index is 489.